The summed E-state index contributed by atoms with van der Waals surface area (Å²) in [5.74, 6) is -1.38. The van der Waals surface area contributed by atoms with Crippen LogP contribution < -0.4 is 4.74 Å². The number of hydrogen-bond donors (Lipinski definition) is 1. The molecule has 3 aromatic rings. The van der Waals surface area contributed by atoms with Crippen LogP contribution in [-0.2, 0) is 27.0 Å². The number of rotatable bonds is 6. The number of benzene rings is 3. The molecular weight excluding hydrogens is 505 g/mol. The van der Waals surface area contributed by atoms with Crippen LogP contribution >= 0.6 is 0 Å². The Morgan fingerprint density at radius 2 is 1.52 bits per heavy atom. The van der Waals surface area contributed by atoms with Gasteiger partial charge in [-0.05, 0) is 64.8 Å². The quantitative estimate of drug-likeness (QED) is 0.199. The summed E-state index contributed by atoms with van der Waals surface area (Å²) < 4.78 is 19.4. The van der Waals surface area contributed by atoms with E-state index in [0.717, 1.165) is 11.1 Å². The third-order valence-corrected chi connectivity index (χ3v) is 7.26. The van der Waals surface area contributed by atoms with Crippen molar-refractivity contribution >= 4 is 17.4 Å². The number of ether oxygens (including phenoxy) is 1. The fourth-order valence-corrected chi connectivity index (χ4v) is 5.04. The van der Waals surface area contributed by atoms with Crippen molar-refractivity contribution in [2.24, 2.45) is 0 Å². The number of nitrogens with zero attached hydrogens (tertiary/aromatic N) is 1. The molecule has 1 N–H and O–H groups in total. The van der Waals surface area contributed by atoms with E-state index in [0.29, 0.717) is 29.0 Å². The molecule has 3 aromatic carbocycles. The molecule has 4 rings (SSSR count). The summed E-state index contributed by atoms with van der Waals surface area (Å²) in [5.41, 5.74) is 3.45. The Balaban J connectivity index is 1.89. The van der Waals surface area contributed by atoms with E-state index in [1.807, 2.05) is 58.0 Å². The molecule has 1 aliphatic heterocycles. The molecule has 0 aromatic heterocycles. The lowest BCUT2D eigenvalue weighted by atomic mass is 9.84. The van der Waals surface area contributed by atoms with E-state index in [2.05, 4.69) is 20.8 Å². The Bertz CT molecular complexity index is 1440. The van der Waals surface area contributed by atoms with Crippen molar-refractivity contribution < 1.29 is 23.8 Å². The minimum atomic E-state index is -0.816. The highest BCUT2D eigenvalue weighted by atomic mass is 19.1. The third-order valence-electron chi connectivity index (χ3n) is 7.26. The van der Waals surface area contributed by atoms with Crippen LogP contribution in [0.15, 0.2) is 72.3 Å². The number of aliphatic hydroxyl groups is 1. The average Bonchev–Trinajstić information content (AvgIpc) is 3.14. The summed E-state index contributed by atoms with van der Waals surface area (Å²) in [4.78, 5) is 28.4. The molecule has 210 valence electrons. The third kappa shape index (κ3) is 5.81. The van der Waals surface area contributed by atoms with Gasteiger partial charge in [0.25, 0.3) is 11.7 Å². The van der Waals surface area contributed by atoms with Gasteiger partial charge in [0.15, 0.2) is 0 Å². The first-order valence-corrected chi connectivity index (χ1v) is 13.6. The van der Waals surface area contributed by atoms with Crippen LogP contribution in [0.25, 0.3) is 5.76 Å². The molecule has 0 bridgehead atoms. The minimum Gasteiger partial charge on any atom is -0.507 e. The molecule has 1 saturated heterocycles. The van der Waals surface area contributed by atoms with Gasteiger partial charge in [0.1, 0.15) is 17.3 Å². The number of hydrogen-bond acceptors (Lipinski definition) is 4. The highest BCUT2D eigenvalue weighted by molar-refractivity contribution is 6.46. The van der Waals surface area contributed by atoms with E-state index in [1.54, 1.807) is 24.3 Å². The molecule has 1 amide bonds. The van der Waals surface area contributed by atoms with Crippen molar-refractivity contribution in [3.05, 3.63) is 106 Å². The first-order valence-electron chi connectivity index (χ1n) is 13.6. The fourth-order valence-electron chi connectivity index (χ4n) is 5.04. The summed E-state index contributed by atoms with van der Waals surface area (Å²) in [5, 5.41) is 11.6. The van der Waals surface area contributed by atoms with Crippen LogP contribution in [0.3, 0.4) is 0 Å². The van der Waals surface area contributed by atoms with Gasteiger partial charge in [-0.3, -0.25) is 9.59 Å². The van der Waals surface area contributed by atoms with E-state index in [9.17, 15) is 19.1 Å². The van der Waals surface area contributed by atoms with Crippen LogP contribution in [0.2, 0.25) is 0 Å². The summed E-state index contributed by atoms with van der Waals surface area (Å²) in [7, 11) is 0. The largest absolute Gasteiger partial charge is 0.507 e. The van der Waals surface area contributed by atoms with Gasteiger partial charge in [-0.25, -0.2) is 4.39 Å². The predicted octanol–water partition coefficient (Wildman–Crippen LogP) is 7.44. The average molecular weight is 544 g/mol. The Kier molecular flexibility index (Phi) is 7.93. The maximum absolute atomic E-state index is 13.6. The van der Waals surface area contributed by atoms with Gasteiger partial charge < -0.3 is 14.7 Å². The molecule has 6 heteroatoms. The fraction of sp³-hybridized carbons (Fsp3) is 0.353. The Labute approximate surface area is 236 Å². The van der Waals surface area contributed by atoms with Gasteiger partial charge in [0.05, 0.1) is 18.2 Å². The number of amides is 1. The number of carbonyl (C=O) groups is 2. The van der Waals surface area contributed by atoms with E-state index in [1.165, 1.54) is 17.0 Å². The van der Waals surface area contributed by atoms with Gasteiger partial charge in [-0.15, -0.1) is 0 Å². The second kappa shape index (κ2) is 10.9. The van der Waals surface area contributed by atoms with Crippen LogP contribution in [0, 0.1) is 5.82 Å². The van der Waals surface area contributed by atoms with Crippen molar-refractivity contribution in [2.45, 2.75) is 71.9 Å². The van der Waals surface area contributed by atoms with Crippen molar-refractivity contribution in [3.63, 3.8) is 0 Å². The number of Topliss-reactive ketones (excluding diaryl/α,β-unsaturated/α-hetero) is 1. The zero-order valence-electron chi connectivity index (χ0n) is 24.3. The number of halogens is 1. The van der Waals surface area contributed by atoms with Crippen molar-refractivity contribution in [1.82, 2.24) is 4.90 Å². The molecule has 0 saturated carbocycles. The van der Waals surface area contributed by atoms with Crippen LogP contribution in [0.1, 0.15) is 82.3 Å². The zero-order valence-corrected chi connectivity index (χ0v) is 24.3. The van der Waals surface area contributed by atoms with Crippen molar-refractivity contribution in [2.75, 3.05) is 6.61 Å². The maximum atomic E-state index is 13.6. The van der Waals surface area contributed by atoms with Gasteiger partial charge in [-0.1, -0.05) is 77.9 Å². The molecule has 1 aliphatic rings. The molecule has 40 heavy (non-hydrogen) atoms. The Morgan fingerprint density at radius 3 is 2.08 bits per heavy atom. The molecule has 5 nitrogen and oxygen atoms in total. The molecule has 0 radical (unpaired) electrons. The normalized spacial score (nSPS) is 17.4. The number of ketones is 1. The van der Waals surface area contributed by atoms with Crippen LogP contribution in [0.5, 0.6) is 5.75 Å². The Hall–Kier alpha value is -3.93. The van der Waals surface area contributed by atoms with E-state index < -0.39 is 17.7 Å². The number of carbonyl (C=O) groups excluding carboxylic acids is 2. The highest BCUT2D eigenvalue weighted by Crippen LogP contribution is 2.42. The van der Waals surface area contributed by atoms with Gasteiger partial charge in [-0.2, -0.15) is 0 Å². The highest BCUT2D eigenvalue weighted by Gasteiger charge is 2.46. The second-order valence-electron chi connectivity index (χ2n) is 12.3. The SMILES string of the molecule is CCOc1ccc(/C(O)=C2/C(=O)C(=O)N(Cc3ccc(F)cc3)C2c2ccc(C(C)(C)C)cc2)cc1C(C)(C)C. The van der Waals surface area contributed by atoms with Gasteiger partial charge in [0, 0.05) is 17.7 Å². The molecule has 0 aliphatic carbocycles. The smallest absolute Gasteiger partial charge is 0.295 e. The summed E-state index contributed by atoms with van der Waals surface area (Å²) in [6.45, 7) is 15.0. The second-order valence-corrected chi connectivity index (χ2v) is 12.3. The van der Waals surface area contributed by atoms with Gasteiger partial charge >= 0.3 is 0 Å². The van der Waals surface area contributed by atoms with Crippen LogP contribution in [-0.4, -0.2) is 28.3 Å². The maximum Gasteiger partial charge on any atom is 0.295 e. The standard InChI is InChI=1S/C34H38FNO4/c1-8-40-27-18-13-23(19-26(27)34(5,6)7)30(37)28-29(22-11-14-24(15-12-22)33(2,3)4)36(32(39)31(28)38)20-21-9-16-25(35)17-10-21/h9-19,29,37H,8,20H2,1-7H3/b30-28-. The van der Waals surface area contributed by atoms with Crippen LogP contribution in [0.4, 0.5) is 4.39 Å². The van der Waals surface area contributed by atoms with Crippen molar-refractivity contribution in [3.8, 4) is 5.75 Å². The van der Waals surface area contributed by atoms with E-state index >= 15 is 0 Å². The Morgan fingerprint density at radius 1 is 0.900 bits per heavy atom. The topological polar surface area (TPSA) is 66.8 Å². The first-order chi connectivity index (χ1) is 18.7. The zero-order chi connectivity index (χ0) is 29.4. The summed E-state index contributed by atoms with van der Waals surface area (Å²) >= 11 is 0. The first kappa shape index (κ1) is 29.1. The van der Waals surface area contributed by atoms with Crippen molar-refractivity contribution in [1.29, 1.82) is 0 Å². The van der Waals surface area contributed by atoms with E-state index in [4.69, 9.17) is 4.74 Å². The monoisotopic (exact) mass is 543 g/mol. The molecule has 1 fully saturated rings. The minimum absolute atomic E-state index is 0.0274. The number of likely N-dealkylation sites (tertiary alicyclic amines) is 1. The van der Waals surface area contributed by atoms with Gasteiger partial charge in [0.2, 0.25) is 0 Å². The molecule has 1 heterocycles. The van der Waals surface area contributed by atoms with E-state index in [-0.39, 0.29) is 34.5 Å². The predicted molar refractivity (Wildman–Crippen MR) is 156 cm³/mol. The molecule has 1 unspecified atom stereocenters. The summed E-state index contributed by atoms with van der Waals surface area (Å²) in [6.07, 6.45) is 0. The number of aliphatic hydroxyl groups excluding tert-OH is 1. The molecular formula is C34H38FNO4. The lowest BCUT2D eigenvalue weighted by Gasteiger charge is -2.27. The lowest BCUT2D eigenvalue weighted by Crippen LogP contribution is -2.29. The molecule has 1 atom stereocenters. The summed E-state index contributed by atoms with van der Waals surface area (Å²) in [6, 6.07) is 18.1. The molecule has 0 spiro atoms. The lowest BCUT2D eigenvalue weighted by molar-refractivity contribution is -0.140.